The van der Waals surface area contributed by atoms with E-state index in [9.17, 15) is 22.8 Å². The zero-order valence-corrected chi connectivity index (χ0v) is 19.6. The molecule has 0 spiro atoms. The Kier molecular flexibility index (Phi) is 7.98. The summed E-state index contributed by atoms with van der Waals surface area (Å²) >= 11 is 1.11. The predicted molar refractivity (Wildman–Crippen MR) is 124 cm³/mol. The van der Waals surface area contributed by atoms with Crippen LogP contribution in [0.4, 0.5) is 18.9 Å². The summed E-state index contributed by atoms with van der Waals surface area (Å²) in [5.41, 5.74) is 0.731. The molecule has 1 aromatic heterocycles. The van der Waals surface area contributed by atoms with Crippen LogP contribution >= 0.6 is 11.8 Å². The van der Waals surface area contributed by atoms with Gasteiger partial charge in [-0.05, 0) is 51.1 Å². The number of carbonyl (C=O) groups excluding carboxylic acids is 2. The van der Waals surface area contributed by atoms with Gasteiger partial charge in [-0.15, -0.1) is 10.2 Å². The Morgan fingerprint density at radius 3 is 2.53 bits per heavy atom. The number of aryl methyl sites for hydroxylation is 1. The lowest BCUT2D eigenvalue weighted by atomic mass is 10.1. The molecule has 0 fully saturated rings. The van der Waals surface area contributed by atoms with E-state index >= 15 is 0 Å². The molecule has 0 aliphatic heterocycles. The van der Waals surface area contributed by atoms with Gasteiger partial charge in [0.05, 0.1) is 17.4 Å². The number of amides is 2. The molecule has 1 heterocycles. The number of alkyl halides is 3. The van der Waals surface area contributed by atoms with Crippen molar-refractivity contribution in [2.24, 2.45) is 0 Å². The van der Waals surface area contributed by atoms with Crippen LogP contribution in [0.15, 0.2) is 53.7 Å². The molecule has 0 aliphatic rings. The standard InChI is InChI=1S/C23H24F3N5O2S/c1-4-31-20(15(3)27-21(33)16-8-5-7-14(2)11-16)29-30-22(31)34-13-19(32)28-18-10-6-9-17(12-18)23(24,25)26/h5-12,15H,4,13H2,1-3H3,(H,27,33)(H,28,32)/t15-/m0/s1. The quantitative estimate of drug-likeness (QED) is 0.440. The SMILES string of the molecule is CCn1c(SCC(=O)Nc2cccc(C(F)(F)F)c2)nnc1[C@H](C)NC(=O)c1cccc(C)c1. The molecule has 3 rings (SSSR count). The van der Waals surface area contributed by atoms with Crippen LogP contribution in [0.3, 0.4) is 0 Å². The molecule has 11 heteroatoms. The Hall–Kier alpha value is -3.34. The number of nitrogens with one attached hydrogen (secondary N) is 2. The number of halogens is 3. The maximum atomic E-state index is 12.9. The minimum Gasteiger partial charge on any atom is -0.342 e. The molecular weight excluding hydrogens is 467 g/mol. The number of hydrogen-bond donors (Lipinski definition) is 2. The fraction of sp³-hybridized carbons (Fsp3) is 0.304. The van der Waals surface area contributed by atoms with E-state index in [2.05, 4.69) is 20.8 Å². The second kappa shape index (κ2) is 10.7. The van der Waals surface area contributed by atoms with Crippen molar-refractivity contribution in [1.29, 1.82) is 0 Å². The molecule has 0 radical (unpaired) electrons. The molecule has 180 valence electrons. The van der Waals surface area contributed by atoms with Gasteiger partial charge >= 0.3 is 6.18 Å². The van der Waals surface area contributed by atoms with E-state index in [1.54, 1.807) is 23.6 Å². The number of rotatable bonds is 8. The third kappa shape index (κ3) is 6.37. The molecule has 0 saturated heterocycles. The fourth-order valence-electron chi connectivity index (χ4n) is 3.26. The first-order valence-electron chi connectivity index (χ1n) is 10.5. The van der Waals surface area contributed by atoms with Gasteiger partial charge in [0.1, 0.15) is 0 Å². The molecule has 0 aliphatic carbocycles. The van der Waals surface area contributed by atoms with Crippen molar-refractivity contribution < 1.29 is 22.8 Å². The van der Waals surface area contributed by atoms with Gasteiger partial charge in [0.15, 0.2) is 11.0 Å². The summed E-state index contributed by atoms with van der Waals surface area (Å²) in [6, 6.07) is 11.2. The summed E-state index contributed by atoms with van der Waals surface area (Å²) in [5, 5.41) is 14.1. The van der Waals surface area contributed by atoms with Crippen molar-refractivity contribution in [3.8, 4) is 0 Å². The fourth-order valence-corrected chi connectivity index (χ4v) is 4.07. The van der Waals surface area contributed by atoms with E-state index in [0.29, 0.717) is 23.1 Å². The number of thioether (sulfide) groups is 1. The first-order valence-corrected chi connectivity index (χ1v) is 11.5. The van der Waals surface area contributed by atoms with Crippen LogP contribution < -0.4 is 10.6 Å². The average Bonchev–Trinajstić information content (AvgIpc) is 3.20. The van der Waals surface area contributed by atoms with Crippen LogP contribution in [0.5, 0.6) is 0 Å². The number of aromatic nitrogens is 3. The van der Waals surface area contributed by atoms with Crippen LogP contribution in [0.2, 0.25) is 0 Å². The number of hydrogen-bond acceptors (Lipinski definition) is 5. The lowest BCUT2D eigenvalue weighted by molar-refractivity contribution is -0.137. The summed E-state index contributed by atoms with van der Waals surface area (Å²) in [4.78, 5) is 24.9. The Labute approximate surface area is 199 Å². The molecule has 7 nitrogen and oxygen atoms in total. The molecular formula is C23H24F3N5O2S. The van der Waals surface area contributed by atoms with Crippen molar-refractivity contribution in [2.75, 3.05) is 11.1 Å². The lowest BCUT2D eigenvalue weighted by Crippen LogP contribution is -2.28. The van der Waals surface area contributed by atoms with Gasteiger partial charge in [-0.1, -0.05) is 35.5 Å². The highest BCUT2D eigenvalue weighted by Crippen LogP contribution is 2.30. The van der Waals surface area contributed by atoms with Gasteiger partial charge in [-0.25, -0.2) is 0 Å². The summed E-state index contributed by atoms with van der Waals surface area (Å²) < 4.78 is 40.4. The number of anilines is 1. The van der Waals surface area contributed by atoms with E-state index in [1.165, 1.54) is 12.1 Å². The minimum absolute atomic E-state index is 0.0607. The van der Waals surface area contributed by atoms with Gasteiger partial charge in [0, 0.05) is 17.8 Å². The third-order valence-corrected chi connectivity index (χ3v) is 5.85. The second-order valence-corrected chi connectivity index (χ2v) is 8.51. The van der Waals surface area contributed by atoms with Crippen LogP contribution in [0.25, 0.3) is 0 Å². The predicted octanol–water partition coefficient (Wildman–Crippen LogP) is 4.85. The van der Waals surface area contributed by atoms with Crippen molar-refractivity contribution in [3.05, 3.63) is 71.0 Å². The molecule has 2 N–H and O–H groups in total. The highest BCUT2D eigenvalue weighted by Gasteiger charge is 2.30. The molecule has 0 unspecified atom stereocenters. The van der Waals surface area contributed by atoms with Gasteiger partial charge in [0.2, 0.25) is 5.91 Å². The molecule has 0 bridgehead atoms. The summed E-state index contributed by atoms with van der Waals surface area (Å²) in [5.74, 6) is -0.253. The Morgan fingerprint density at radius 2 is 1.85 bits per heavy atom. The van der Waals surface area contributed by atoms with Crippen molar-refractivity contribution in [3.63, 3.8) is 0 Å². The topological polar surface area (TPSA) is 88.9 Å². The third-order valence-electron chi connectivity index (χ3n) is 4.88. The van der Waals surface area contributed by atoms with Gasteiger partial charge in [-0.3, -0.25) is 9.59 Å². The smallest absolute Gasteiger partial charge is 0.342 e. The number of benzene rings is 2. The molecule has 3 aromatic rings. The molecule has 2 aromatic carbocycles. The highest BCUT2D eigenvalue weighted by atomic mass is 32.2. The van der Waals surface area contributed by atoms with E-state index in [4.69, 9.17) is 0 Å². The minimum atomic E-state index is -4.49. The normalized spacial score (nSPS) is 12.3. The number of nitrogens with zero attached hydrogens (tertiary/aromatic N) is 3. The maximum absolute atomic E-state index is 12.9. The van der Waals surface area contributed by atoms with Gasteiger partial charge in [0.25, 0.3) is 5.91 Å². The van der Waals surface area contributed by atoms with E-state index in [-0.39, 0.29) is 17.3 Å². The van der Waals surface area contributed by atoms with E-state index < -0.39 is 23.7 Å². The summed E-state index contributed by atoms with van der Waals surface area (Å²) in [7, 11) is 0. The van der Waals surface area contributed by atoms with Gasteiger partial charge in [-0.2, -0.15) is 13.2 Å². The van der Waals surface area contributed by atoms with Crippen molar-refractivity contribution >= 4 is 29.3 Å². The Bertz CT molecular complexity index is 1180. The first-order chi connectivity index (χ1) is 16.1. The largest absolute Gasteiger partial charge is 0.416 e. The average molecular weight is 492 g/mol. The summed E-state index contributed by atoms with van der Waals surface area (Å²) in [6.07, 6.45) is -4.49. The second-order valence-electron chi connectivity index (χ2n) is 7.57. The van der Waals surface area contributed by atoms with E-state index in [1.807, 2.05) is 26.0 Å². The zero-order chi connectivity index (χ0) is 24.9. The number of carbonyl (C=O) groups is 2. The van der Waals surface area contributed by atoms with E-state index in [0.717, 1.165) is 29.5 Å². The Balaban J connectivity index is 1.63. The zero-order valence-electron chi connectivity index (χ0n) is 18.8. The van der Waals surface area contributed by atoms with Gasteiger partial charge < -0.3 is 15.2 Å². The lowest BCUT2D eigenvalue weighted by Gasteiger charge is -2.15. The molecule has 34 heavy (non-hydrogen) atoms. The van der Waals surface area contributed by atoms with Crippen LogP contribution in [-0.4, -0.2) is 32.3 Å². The van der Waals surface area contributed by atoms with Crippen molar-refractivity contribution in [1.82, 2.24) is 20.1 Å². The van der Waals surface area contributed by atoms with Crippen LogP contribution in [0, 0.1) is 6.92 Å². The molecule has 1 atom stereocenters. The van der Waals surface area contributed by atoms with Crippen LogP contribution in [0.1, 0.15) is 47.2 Å². The first kappa shape index (κ1) is 25.3. The monoisotopic (exact) mass is 491 g/mol. The maximum Gasteiger partial charge on any atom is 0.416 e. The molecule has 0 saturated carbocycles. The highest BCUT2D eigenvalue weighted by molar-refractivity contribution is 7.99. The molecule has 2 amide bonds. The van der Waals surface area contributed by atoms with Crippen molar-refractivity contribution in [2.45, 2.75) is 44.7 Å². The Morgan fingerprint density at radius 1 is 1.12 bits per heavy atom. The summed E-state index contributed by atoms with van der Waals surface area (Å²) in [6.45, 7) is 6.08. The van der Waals surface area contributed by atoms with Crippen LogP contribution in [-0.2, 0) is 17.5 Å².